The first-order chi connectivity index (χ1) is 5.20. The molecule has 0 saturated heterocycles. The van der Waals surface area contributed by atoms with Gasteiger partial charge in [0.2, 0.25) is 0 Å². The first-order valence-corrected chi connectivity index (χ1v) is 4.70. The van der Waals surface area contributed by atoms with Gasteiger partial charge >= 0.3 is 0 Å². The summed E-state index contributed by atoms with van der Waals surface area (Å²) in [4.78, 5) is 10.8. The molecule has 1 atom stereocenters. The van der Waals surface area contributed by atoms with Gasteiger partial charge in [0.1, 0.15) is 5.78 Å². The van der Waals surface area contributed by atoms with Crippen molar-refractivity contribution in [2.45, 2.75) is 52.9 Å². The van der Waals surface area contributed by atoms with Crippen molar-refractivity contribution in [3.63, 3.8) is 0 Å². The van der Waals surface area contributed by atoms with Crippen LogP contribution in [0.3, 0.4) is 0 Å². The van der Waals surface area contributed by atoms with E-state index in [4.69, 9.17) is 0 Å². The molecular weight excluding hydrogens is 136 g/mol. The normalized spacial score (nSPS) is 13.0. The molecule has 0 N–H and O–H groups in total. The molecule has 0 aromatic rings. The van der Waals surface area contributed by atoms with Crippen molar-refractivity contribution in [2.24, 2.45) is 5.92 Å². The molecule has 0 spiro atoms. The first-order valence-electron chi connectivity index (χ1n) is 4.70. The van der Waals surface area contributed by atoms with Gasteiger partial charge in [0.25, 0.3) is 0 Å². The number of ketones is 1. The average molecular weight is 156 g/mol. The Balaban J connectivity index is 3.49. The van der Waals surface area contributed by atoms with E-state index in [0.29, 0.717) is 11.7 Å². The molecule has 0 aliphatic carbocycles. The van der Waals surface area contributed by atoms with E-state index in [-0.39, 0.29) is 0 Å². The number of Topliss-reactive ketones (excluding diaryl/α,β-unsaturated/α-hetero) is 1. The molecular formula is C10H20O. The van der Waals surface area contributed by atoms with Gasteiger partial charge in [-0.15, -0.1) is 0 Å². The fraction of sp³-hybridized carbons (Fsp3) is 0.900. The summed E-state index contributed by atoms with van der Waals surface area (Å²) in [5.41, 5.74) is 0. The molecule has 1 heteroatoms. The molecule has 66 valence electrons. The Hall–Kier alpha value is -0.330. The summed E-state index contributed by atoms with van der Waals surface area (Å²) in [5, 5.41) is 0. The molecule has 11 heavy (non-hydrogen) atoms. The van der Waals surface area contributed by atoms with Gasteiger partial charge in [0.15, 0.2) is 0 Å². The third-order valence-corrected chi connectivity index (χ3v) is 2.12. The van der Waals surface area contributed by atoms with Crippen LogP contribution in [0.4, 0.5) is 0 Å². The summed E-state index contributed by atoms with van der Waals surface area (Å²) in [6.45, 7) is 6.05. The van der Waals surface area contributed by atoms with E-state index in [0.717, 1.165) is 12.8 Å². The van der Waals surface area contributed by atoms with Crippen LogP contribution < -0.4 is 0 Å². The molecule has 0 aromatic heterocycles. The van der Waals surface area contributed by atoms with Crippen LogP contribution in [0.15, 0.2) is 0 Å². The summed E-state index contributed by atoms with van der Waals surface area (Å²) < 4.78 is 0. The smallest absolute Gasteiger partial charge is 0.130 e. The largest absolute Gasteiger partial charge is 0.300 e. The van der Waals surface area contributed by atoms with Crippen LogP contribution in [0, 0.1) is 5.92 Å². The second kappa shape index (κ2) is 6.38. The molecule has 1 nitrogen and oxygen atoms in total. The van der Waals surface area contributed by atoms with Gasteiger partial charge in [-0.3, -0.25) is 0 Å². The lowest BCUT2D eigenvalue weighted by Crippen LogP contribution is -2.04. The lowest BCUT2D eigenvalue weighted by atomic mass is 9.94. The maximum atomic E-state index is 10.8. The molecule has 0 unspecified atom stereocenters. The summed E-state index contributed by atoms with van der Waals surface area (Å²) in [6.07, 6.45) is 5.68. The minimum atomic E-state index is 0.341. The minimum Gasteiger partial charge on any atom is -0.300 e. The number of unbranched alkanes of at least 4 members (excludes halogenated alkanes) is 1. The van der Waals surface area contributed by atoms with Gasteiger partial charge in [-0.2, -0.15) is 0 Å². The summed E-state index contributed by atoms with van der Waals surface area (Å²) in [5.74, 6) is 0.986. The first kappa shape index (κ1) is 10.7. The Labute approximate surface area is 70.2 Å². The van der Waals surface area contributed by atoms with Crippen LogP contribution >= 0.6 is 0 Å². The highest BCUT2D eigenvalue weighted by Crippen LogP contribution is 2.16. The monoisotopic (exact) mass is 156 g/mol. The van der Waals surface area contributed by atoms with Crippen molar-refractivity contribution in [1.29, 1.82) is 0 Å². The van der Waals surface area contributed by atoms with Crippen LogP contribution in [0.5, 0.6) is 0 Å². The minimum absolute atomic E-state index is 0.341. The molecule has 0 heterocycles. The number of carbonyl (C=O) groups excluding carboxylic acids is 1. The second-order valence-electron chi connectivity index (χ2n) is 3.32. The average Bonchev–Trinajstić information content (AvgIpc) is 1.97. The van der Waals surface area contributed by atoms with Crippen molar-refractivity contribution in [3.8, 4) is 0 Å². The van der Waals surface area contributed by atoms with E-state index in [9.17, 15) is 4.79 Å². The molecule has 0 aliphatic rings. The van der Waals surface area contributed by atoms with Crippen molar-refractivity contribution >= 4 is 5.78 Å². The molecule has 0 bridgehead atoms. The molecule has 0 aromatic carbocycles. The number of hydrogen-bond acceptors (Lipinski definition) is 1. The van der Waals surface area contributed by atoms with Crippen molar-refractivity contribution in [3.05, 3.63) is 0 Å². The van der Waals surface area contributed by atoms with E-state index in [1.807, 2.05) is 0 Å². The summed E-state index contributed by atoms with van der Waals surface area (Å²) >= 11 is 0. The van der Waals surface area contributed by atoms with E-state index in [2.05, 4.69) is 13.8 Å². The standard InChI is InChI=1S/C10H20O/c1-4-6-7-10(5-2)8-9(3)11/h10H,4-8H2,1-3H3/t10-/m0/s1. The van der Waals surface area contributed by atoms with Crippen molar-refractivity contribution < 1.29 is 4.79 Å². The highest BCUT2D eigenvalue weighted by molar-refractivity contribution is 5.75. The second-order valence-corrected chi connectivity index (χ2v) is 3.32. The lowest BCUT2D eigenvalue weighted by molar-refractivity contribution is -0.117. The Bertz CT molecular complexity index is 107. The lowest BCUT2D eigenvalue weighted by Gasteiger charge is -2.11. The number of rotatable bonds is 6. The molecule has 0 amide bonds. The van der Waals surface area contributed by atoms with Crippen LogP contribution in [0.1, 0.15) is 52.9 Å². The molecule has 0 radical (unpaired) electrons. The van der Waals surface area contributed by atoms with E-state index < -0.39 is 0 Å². The highest BCUT2D eigenvalue weighted by Gasteiger charge is 2.07. The van der Waals surface area contributed by atoms with Gasteiger partial charge in [-0.1, -0.05) is 39.5 Å². The van der Waals surface area contributed by atoms with Crippen LogP contribution in [0.25, 0.3) is 0 Å². The Morgan fingerprint density at radius 3 is 2.36 bits per heavy atom. The van der Waals surface area contributed by atoms with Gasteiger partial charge in [0.05, 0.1) is 0 Å². The van der Waals surface area contributed by atoms with E-state index >= 15 is 0 Å². The van der Waals surface area contributed by atoms with Crippen LogP contribution in [0.2, 0.25) is 0 Å². The van der Waals surface area contributed by atoms with Gasteiger partial charge in [0, 0.05) is 6.42 Å². The number of hydrogen-bond donors (Lipinski definition) is 0. The zero-order valence-electron chi connectivity index (χ0n) is 8.02. The Morgan fingerprint density at radius 2 is 2.00 bits per heavy atom. The third-order valence-electron chi connectivity index (χ3n) is 2.12. The zero-order chi connectivity index (χ0) is 8.69. The molecule has 0 aliphatic heterocycles. The molecule has 0 fully saturated rings. The fourth-order valence-electron chi connectivity index (χ4n) is 1.35. The van der Waals surface area contributed by atoms with Gasteiger partial charge < -0.3 is 4.79 Å². The highest BCUT2D eigenvalue weighted by atomic mass is 16.1. The predicted molar refractivity (Wildman–Crippen MR) is 48.6 cm³/mol. The predicted octanol–water partition coefficient (Wildman–Crippen LogP) is 3.18. The maximum Gasteiger partial charge on any atom is 0.130 e. The van der Waals surface area contributed by atoms with Crippen molar-refractivity contribution in [1.82, 2.24) is 0 Å². The molecule has 0 saturated carbocycles. The molecule has 0 rings (SSSR count). The van der Waals surface area contributed by atoms with E-state index in [1.54, 1.807) is 6.92 Å². The van der Waals surface area contributed by atoms with Crippen molar-refractivity contribution in [2.75, 3.05) is 0 Å². The van der Waals surface area contributed by atoms with E-state index in [1.165, 1.54) is 19.3 Å². The summed E-state index contributed by atoms with van der Waals surface area (Å²) in [6, 6.07) is 0. The Morgan fingerprint density at radius 1 is 1.36 bits per heavy atom. The topological polar surface area (TPSA) is 17.1 Å². The van der Waals surface area contributed by atoms with Crippen LogP contribution in [-0.2, 0) is 4.79 Å². The van der Waals surface area contributed by atoms with Gasteiger partial charge in [-0.05, 0) is 12.8 Å². The fourth-order valence-corrected chi connectivity index (χ4v) is 1.35. The SMILES string of the molecule is CCCC[C@H](CC)CC(C)=O. The zero-order valence-corrected chi connectivity index (χ0v) is 8.02. The maximum absolute atomic E-state index is 10.8. The quantitative estimate of drug-likeness (QED) is 0.577. The number of carbonyl (C=O) groups is 1. The van der Waals surface area contributed by atoms with Crippen LogP contribution in [-0.4, -0.2) is 5.78 Å². The van der Waals surface area contributed by atoms with Gasteiger partial charge in [-0.25, -0.2) is 0 Å². The Kier molecular flexibility index (Phi) is 6.19. The third kappa shape index (κ3) is 6.08. The summed E-state index contributed by atoms with van der Waals surface area (Å²) in [7, 11) is 0.